The van der Waals surface area contributed by atoms with Crippen LogP contribution in [0.25, 0.3) is 0 Å². The summed E-state index contributed by atoms with van der Waals surface area (Å²) in [4.78, 5) is 4.30. The van der Waals surface area contributed by atoms with Gasteiger partial charge >= 0.3 is 0 Å². The summed E-state index contributed by atoms with van der Waals surface area (Å²) in [6.07, 6.45) is 2.32. The molecule has 2 aromatic rings. The normalized spacial score (nSPS) is 20.3. The Bertz CT molecular complexity index is 763. The van der Waals surface area contributed by atoms with Crippen molar-refractivity contribution < 1.29 is 9.13 Å². The Morgan fingerprint density at radius 2 is 2.00 bits per heavy atom. The van der Waals surface area contributed by atoms with Gasteiger partial charge in [-0.25, -0.2) is 4.39 Å². The number of nitrogens with one attached hydrogen (secondary N) is 2. The van der Waals surface area contributed by atoms with Crippen molar-refractivity contribution >= 4 is 5.96 Å². The van der Waals surface area contributed by atoms with Gasteiger partial charge in [0.2, 0.25) is 0 Å². The predicted octanol–water partition coefficient (Wildman–Crippen LogP) is 3.97. The van der Waals surface area contributed by atoms with Gasteiger partial charge in [0.05, 0.1) is 6.10 Å². The van der Waals surface area contributed by atoms with Gasteiger partial charge in [0.15, 0.2) is 5.96 Å². The predicted molar refractivity (Wildman–Crippen MR) is 107 cm³/mol. The Labute approximate surface area is 160 Å². The molecule has 5 heteroatoms. The Hall–Kier alpha value is -2.40. The van der Waals surface area contributed by atoms with Crippen LogP contribution in [0.4, 0.5) is 4.39 Å². The maximum absolute atomic E-state index is 13.4. The summed E-state index contributed by atoms with van der Waals surface area (Å²) < 4.78 is 19.5. The molecule has 27 heavy (non-hydrogen) atoms. The smallest absolute Gasteiger partial charge is 0.191 e. The number of rotatable bonds is 5. The summed E-state index contributed by atoms with van der Waals surface area (Å²) >= 11 is 0. The summed E-state index contributed by atoms with van der Waals surface area (Å²) in [5.74, 6) is 0.965. The van der Waals surface area contributed by atoms with Crippen molar-refractivity contribution in [2.45, 2.75) is 32.4 Å². The first-order valence-electron chi connectivity index (χ1n) is 9.53. The van der Waals surface area contributed by atoms with Crippen molar-refractivity contribution in [2.24, 2.45) is 10.9 Å². The maximum Gasteiger partial charge on any atom is 0.191 e. The standard InChI is InChI=1S/C22H28FN3O/c1-16-13-17(10-11-20(16)23)14-25-22(24-2)26-15-19-9-6-12-27-21(19)18-7-4-3-5-8-18/h3-5,7-8,10-11,13,19,21H,6,9,12,14-15H2,1-2H3,(H2,24,25,26). The number of nitrogens with zero attached hydrogens (tertiary/aromatic N) is 1. The van der Waals surface area contributed by atoms with E-state index in [1.165, 1.54) is 11.6 Å². The summed E-state index contributed by atoms with van der Waals surface area (Å²) in [6, 6.07) is 15.6. The molecule has 1 fully saturated rings. The third kappa shape index (κ3) is 5.30. The zero-order chi connectivity index (χ0) is 19.1. The molecule has 2 unspecified atom stereocenters. The van der Waals surface area contributed by atoms with Gasteiger partial charge in [0.25, 0.3) is 0 Å². The molecule has 4 nitrogen and oxygen atoms in total. The van der Waals surface area contributed by atoms with Crippen LogP contribution in [0.2, 0.25) is 0 Å². The Morgan fingerprint density at radius 1 is 1.19 bits per heavy atom. The molecule has 1 heterocycles. The van der Waals surface area contributed by atoms with Crippen LogP contribution in [0.3, 0.4) is 0 Å². The van der Waals surface area contributed by atoms with E-state index in [9.17, 15) is 4.39 Å². The van der Waals surface area contributed by atoms with E-state index in [2.05, 4.69) is 39.9 Å². The molecular weight excluding hydrogens is 341 g/mol. The first-order chi connectivity index (χ1) is 13.2. The zero-order valence-electron chi connectivity index (χ0n) is 16.0. The van der Waals surface area contributed by atoms with E-state index in [-0.39, 0.29) is 11.9 Å². The first-order valence-corrected chi connectivity index (χ1v) is 9.53. The van der Waals surface area contributed by atoms with Crippen molar-refractivity contribution in [3.8, 4) is 0 Å². The lowest BCUT2D eigenvalue weighted by atomic mass is 9.89. The van der Waals surface area contributed by atoms with Crippen molar-refractivity contribution in [2.75, 3.05) is 20.2 Å². The van der Waals surface area contributed by atoms with E-state index in [1.54, 1.807) is 20.0 Å². The van der Waals surface area contributed by atoms with Crippen LogP contribution < -0.4 is 10.6 Å². The monoisotopic (exact) mass is 369 g/mol. The molecule has 1 aliphatic rings. The molecule has 2 atom stereocenters. The van der Waals surface area contributed by atoms with Crippen LogP contribution in [0.5, 0.6) is 0 Å². The van der Waals surface area contributed by atoms with Gasteiger partial charge in [-0.05, 0) is 42.5 Å². The number of hydrogen-bond donors (Lipinski definition) is 2. The molecule has 0 aliphatic carbocycles. The van der Waals surface area contributed by atoms with Crippen molar-refractivity contribution in [1.29, 1.82) is 0 Å². The molecule has 2 N–H and O–H groups in total. The van der Waals surface area contributed by atoms with Crippen LogP contribution in [-0.2, 0) is 11.3 Å². The number of aliphatic imine (C=N–C) groups is 1. The van der Waals surface area contributed by atoms with E-state index in [4.69, 9.17) is 4.74 Å². The fraction of sp³-hybridized carbons (Fsp3) is 0.409. The van der Waals surface area contributed by atoms with Gasteiger partial charge in [-0.2, -0.15) is 0 Å². The van der Waals surface area contributed by atoms with Crippen LogP contribution in [0.1, 0.15) is 35.6 Å². The topological polar surface area (TPSA) is 45.7 Å². The van der Waals surface area contributed by atoms with E-state index >= 15 is 0 Å². The molecule has 1 aliphatic heterocycles. The Morgan fingerprint density at radius 3 is 2.74 bits per heavy atom. The molecule has 144 valence electrons. The van der Waals surface area contributed by atoms with Crippen LogP contribution in [0, 0.1) is 18.7 Å². The minimum Gasteiger partial charge on any atom is -0.373 e. The summed E-state index contributed by atoms with van der Waals surface area (Å²) in [5.41, 5.74) is 2.91. The van der Waals surface area contributed by atoms with Crippen molar-refractivity contribution in [3.63, 3.8) is 0 Å². The molecule has 0 aromatic heterocycles. The highest BCUT2D eigenvalue weighted by molar-refractivity contribution is 5.79. The summed E-state index contributed by atoms with van der Waals surface area (Å²) in [6.45, 7) is 3.98. The summed E-state index contributed by atoms with van der Waals surface area (Å²) in [7, 11) is 1.76. The third-order valence-corrected chi connectivity index (χ3v) is 5.01. The minimum absolute atomic E-state index is 0.116. The number of ether oxygens (including phenoxy) is 1. The number of benzene rings is 2. The fourth-order valence-corrected chi connectivity index (χ4v) is 3.51. The molecule has 0 radical (unpaired) electrons. The molecule has 1 saturated heterocycles. The molecule has 0 amide bonds. The maximum atomic E-state index is 13.4. The van der Waals surface area contributed by atoms with Gasteiger partial charge in [-0.3, -0.25) is 4.99 Å². The molecular formula is C22H28FN3O. The van der Waals surface area contributed by atoms with Gasteiger partial charge in [0, 0.05) is 32.7 Å². The summed E-state index contributed by atoms with van der Waals surface area (Å²) in [5, 5.41) is 6.72. The van der Waals surface area contributed by atoms with E-state index < -0.39 is 0 Å². The highest BCUT2D eigenvalue weighted by Gasteiger charge is 2.27. The van der Waals surface area contributed by atoms with Crippen molar-refractivity contribution in [1.82, 2.24) is 10.6 Å². The van der Waals surface area contributed by atoms with Gasteiger partial charge in [-0.15, -0.1) is 0 Å². The minimum atomic E-state index is -0.175. The molecule has 0 spiro atoms. The average Bonchev–Trinajstić information content (AvgIpc) is 2.71. The third-order valence-electron chi connectivity index (χ3n) is 5.01. The first kappa shape index (κ1) is 19.4. The van der Waals surface area contributed by atoms with Crippen LogP contribution in [0.15, 0.2) is 53.5 Å². The van der Waals surface area contributed by atoms with E-state index in [1.807, 2.05) is 12.1 Å². The molecule has 0 saturated carbocycles. The van der Waals surface area contributed by atoms with E-state index in [0.29, 0.717) is 18.0 Å². The number of aryl methyl sites for hydroxylation is 1. The largest absolute Gasteiger partial charge is 0.373 e. The number of hydrogen-bond acceptors (Lipinski definition) is 2. The highest BCUT2D eigenvalue weighted by atomic mass is 19.1. The number of halogens is 1. The zero-order valence-corrected chi connectivity index (χ0v) is 16.0. The van der Waals surface area contributed by atoms with Crippen LogP contribution >= 0.6 is 0 Å². The second kappa shape index (κ2) is 9.51. The van der Waals surface area contributed by atoms with Crippen LogP contribution in [-0.4, -0.2) is 26.2 Å². The molecule has 2 aromatic carbocycles. The second-order valence-electron chi connectivity index (χ2n) is 6.99. The molecule has 0 bridgehead atoms. The average molecular weight is 369 g/mol. The highest BCUT2D eigenvalue weighted by Crippen LogP contribution is 2.33. The lowest BCUT2D eigenvalue weighted by molar-refractivity contribution is -0.0265. The van der Waals surface area contributed by atoms with Gasteiger partial charge in [-0.1, -0.05) is 42.5 Å². The van der Waals surface area contributed by atoms with Gasteiger partial charge < -0.3 is 15.4 Å². The lowest BCUT2D eigenvalue weighted by Crippen LogP contribution is -2.41. The van der Waals surface area contributed by atoms with E-state index in [0.717, 1.165) is 37.5 Å². The SMILES string of the molecule is CN=C(NCc1ccc(F)c(C)c1)NCC1CCCOC1c1ccccc1. The Balaban J connectivity index is 1.55. The van der Waals surface area contributed by atoms with Gasteiger partial charge in [0.1, 0.15) is 5.82 Å². The number of guanidine groups is 1. The van der Waals surface area contributed by atoms with Crippen molar-refractivity contribution in [3.05, 3.63) is 71.0 Å². The lowest BCUT2D eigenvalue weighted by Gasteiger charge is -2.32. The quantitative estimate of drug-likeness (QED) is 0.619. The Kier molecular flexibility index (Phi) is 6.82. The molecule has 3 rings (SSSR count). The fourth-order valence-electron chi connectivity index (χ4n) is 3.51. The second-order valence-corrected chi connectivity index (χ2v) is 6.99.